The Morgan fingerprint density at radius 2 is 1.24 bits per heavy atom. The van der Waals surface area contributed by atoms with E-state index in [1.54, 1.807) is 0 Å². The molecule has 0 aliphatic heterocycles. The average molecular weight is 609 g/mol. The topological polar surface area (TPSA) is 344 Å². The Morgan fingerprint density at radius 3 is 1.69 bits per heavy atom. The Morgan fingerprint density at radius 1 is 0.690 bits per heavy atom. The Hall–Kier alpha value is -4.40. The quantitative estimate of drug-likeness (QED) is 0.0648. The highest BCUT2D eigenvalue weighted by molar-refractivity contribution is 5.96. The molecule has 0 heterocycles. The van der Waals surface area contributed by atoms with Crippen LogP contribution in [0.2, 0.25) is 0 Å². The van der Waals surface area contributed by atoms with E-state index in [0.717, 1.165) is 13.8 Å². The fraction of sp³-hybridized carbons (Fsp3) is 0.636. The number of aliphatic hydroxyl groups excluding tert-OH is 3. The van der Waals surface area contributed by atoms with Crippen LogP contribution in [0.1, 0.15) is 33.1 Å². The second-order valence-corrected chi connectivity index (χ2v) is 9.01. The third kappa shape index (κ3) is 13.8. The Labute approximate surface area is 238 Å². The molecule has 7 atom stereocenters. The summed E-state index contributed by atoms with van der Waals surface area (Å²) in [6.07, 6.45) is -4.88. The number of carbonyl (C=O) groups is 8. The largest absolute Gasteiger partial charge is 0.481 e. The van der Waals surface area contributed by atoms with Gasteiger partial charge >= 0.3 is 17.9 Å². The monoisotopic (exact) mass is 608 g/mol. The molecule has 0 aliphatic carbocycles. The molecule has 0 unspecified atom stereocenters. The predicted octanol–water partition coefficient (Wildman–Crippen LogP) is -6.45. The fourth-order valence-electron chi connectivity index (χ4n) is 3.09. The first-order valence-corrected chi connectivity index (χ1v) is 12.3. The third-order valence-electron chi connectivity index (χ3n) is 5.38. The summed E-state index contributed by atoms with van der Waals surface area (Å²) < 4.78 is 0. The summed E-state index contributed by atoms with van der Waals surface area (Å²) in [5, 5.41) is 65.6. The summed E-state index contributed by atoms with van der Waals surface area (Å²) in [5.41, 5.74) is 5.54. The number of carboxylic acids is 3. The van der Waals surface area contributed by atoms with Gasteiger partial charge in [0, 0.05) is 6.42 Å². The molecule has 0 spiro atoms. The first kappa shape index (κ1) is 37.6. The fourth-order valence-corrected chi connectivity index (χ4v) is 3.09. The number of nitrogens with one attached hydrogen (secondary N) is 5. The SMILES string of the molecule is C[C@@H](O)[C@H](NC(=O)[C@@H](NC(=O)CNC(=O)[C@H](CO)NC(=O)[C@H](CC(=O)O)NC(=O)[C@@H](N)CCC(=O)O)[C@@H](C)O)C(=O)O. The lowest BCUT2D eigenvalue weighted by atomic mass is 10.1. The van der Waals surface area contributed by atoms with Gasteiger partial charge in [-0.05, 0) is 20.3 Å². The van der Waals surface area contributed by atoms with Crippen LogP contribution in [0, 0.1) is 0 Å². The lowest BCUT2D eigenvalue weighted by Crippen LogP contribution is -2.59. The molecule has 0 saturated heterocycles. The standard InChI is InChI=1S/C22H36N6O14/c1-8(30)16(21(40)28-17(9(2)31)22(41)42)27-13(32)6-24-19(38)12(7-29)26-20(39)11(5-15(35)36)25-18(37)10(23)3-4-14(33)34/h8-12,16-17,29-31H,3-7,23H2,1-2H3,(H,24,38)(H,25,37)(H,26,39)(H,27,32)(H,28,40)(H,33,34)(H,35,36)(H,41,42)/t8-,9-,10+,11+,12+,16+,17+/m1/s1. The van der Waals surface area contributed by atoms with Crippen molar-refractivity contribution in [1.29, 1.82) is 0 Å². The van der Waals surface area contributed by atoms with Crippen LogP contribution >= 0.6 is 0 Å². The highest BCUT2D eigenvalue weighted by Crippen LogP contribution is 2.01. The van der Waals surface area contributed by atoms with Crippen molar-refractivity contribution < 1.29 is 69.0 Å². The van der Waals surface area contributed by atoms with E-state index in [9.17, 15) is 53.7 Å². The van der Waals surface area contributed by atoms with Gasteiger partial charge in [-0.2, -0.15) is 0 Å². The van der Waals surface area contributed by atoms with Crippen molar-refractivity contribution in [2.24, 2.45) is 5.73 Å². The summed E-state index contributed by atoms with van der Waals surface area (Å²) in [5.74, 6) is -10.1. The van der Waals surface area contributed by atoms with Gasteiger partial charge in [-0.3, -0.25) is 33.6 Å². The molecule has 0 aromatic heterocycles. The second kappa shape index (κ2) is 18.1. The second-order valence-electron chi connectivity index (χ2n) is 9.01. The van der Waals surface area contributed by atoms with Crippen molar-refractivity contribution in [3.05, 3.63) is 0 Å². The van der Waals surface area contributed by atoms with Gasteiger partial charge in [0.2, 0.25) is 29.5 Å². The first-order valence-electron chi connectivity index (χ1n) is 12.3. The average Bonchev–Trinajstić information content (AvgIpc) is 2.88. The molecular weight excluding hydrogens is 572 g/mol. The van der Waals surface area contributed by atoms with Crippen molar-refractivity contribution in [3.8, 4) is 0 Å². The molecule has 0 fully saturated rings. The molecule has 0 aliphatic rings. The molecular formula is C22H36N6O14. The first-order chi connectivity index (χ1) is 19.4. The number of nitrogens with two attached hydrogens (primary N) is 1. The Balaban J connectivity index is 5.26. The normalized spacial score (nSPS) is 15.8. The Bertz CT molecular complexity index is 1020. The van der Waals surface area contributed by atoms with Crippen LogP contribution in [-0.2, 0) is 38.4 Å². The zero-order valence-electron chi connectivity index (χ0n) is 22.6. The maximum Gasteiger partial charge on any atom is 0.328 e. The van der Waals surface area contributed by atoms with Gasteiger partial charge in [0.05, 0.1) is 37.8 Å². The molecule has 238 valence electrons. The molecule has 20 heteroatoms. The molecule has 0 aromatic carbocycles. The molecule has 0 rings (SSSR count). The van der Waals surface area contributed by atoms with E-state index in [1.807, 2.05) is 26.6 Å². The summed E-state index contributed by atoms with van der Waals surface area (Å²) in [4.78, 5) is 94.7. The maximum atomic E-state index is 12.6. The zero-order chi connectivity index (χ0) is 32.7. The molecule has 20 nitrogen and oxygen atoms in total. The minimum atomic E-state index is -1.79. The molecule has 0 saturated carbocycles. The number of aliphatic carboxylic acids is 3. The van der Waals surface area contributed by atoms with Gasteiger partial charge < -0.3 is 63.0 Å². The van der Waals surface area contributed by atoms with Crippen LogP contribution in [0.3, 0.4) is 0 Å². The summed E-state index contributed by atoms with van der Waals surface area (Å²) >= 11 is 0. The minimum Gasteiger partial charge on any atom is -0.481 e. The van der Waals surface area contributed by atoms with E-state index in [4.69, 9.17) is 21.1 Å². The van der Waals surface area contributed by atoms with E-state index in [0.29, 0.717) is 0 Å². The molecule has 42 heavy (non-hydrogen) atoms. The molecule has 5 amide bonds. The third-order valence-corrected chi connectivity index (χ3v) is 5.38. The molecule has 0 bridgehead atoms. The van der Waals surface area contributed by atoms with Gasteiger partial charge in [-0.15, -0.1) is 0 Å². The summed E-state index contributed by atoms with van der Waals surface area (Å²) in [6, 6.07) is -8.45. The van der Waals surface area contributed by atoms with Gasteiger partial charge in [0.1, 0.15) is 18.1 Å². The Kier molecular flexibility index (Phi) is 16.2. The van der Waals surface area contributed by atoms with E-state index >= 15 is 0 Å². The summed E-state index contributed by atoms with van der Waals surface area (Å²) in [6.45, 7) is 0.230. The highest BCUT2D eigenvalue weighted by Gasteiger charge is 2.33. The van der Waals surface area contributed by atoms with Crippen LogP contribution in [0.4, 0.5) is 0 Å². The lowest BCUT2D eigenvalue weighted by molar-refractivity contribution is -0.146. The van der Waals surface area contributed by atoms with Gasteiger partial charge in [0.25, 0.3) is 0 Å². The predicted molar refractivity (Wildman–Crippen MR) is 136 cm³/mol. The number of carboxylic acid groups (broad SMARTS) is 3. The smallest absolute Gasteiger partial charge is 0.328 e. The molecule has 13 N–H and O–H groups in total. The van der Waals surface area contributed by atoms with Gasteiger partial charge in [-0.25, -0.2) is 4.79 Å². The van der Waals surface area contributed by atoms with Gasteiger partial charge in [-0.1, -0.05) is 0 Å². The molecule has 0 aromatic rings. The van der Waals surface area contributed by atoms with E-state index in [1.165, 1.54) is 0 Å². The number of carbonyl (C=O) groups excluding carboxylic acids is 5. The van der Waals surface area contributed by atoms with Crippen LogP contribution in [0.5, 0.6) is 0 Å². The van der Waals surface area contributed by atoms with Crippen LogP contribution < -0.4 is 32.3 Å². The van der Waals surface area contributed by atoms with Crippen molar-refractivity contribution in [2.75, 3.05) is 13.2 Å². The van der Waals surface area contributed by atoms with E-state index < -0.39 is 116 Å². The van der Waals surface area contributed by atoms with Crippen molar-refractivity contribution in [2.45, 2.75) is 75.5 Å². The molecule has 0 radical (unpaired) electrons. The van der Waals surface area contributed by atoms with Crippen LogP contribution in [0.15, 0.2) is 0 Å². The van der Waals surface area contributed by atoms with E-state index in [2.05, 4.69) is 0 Å². The highest BCUT2D eigenvalue weighted by atomic mass is 16.4. The zero-order valence-corrected chi connectivity index (χ0v) is 22.6. The van der Waals surface area contributed by atoms with Crippen molar-refractivity contribution >= 4 is 47.4 Å². The summed E-state index contributed by atoms with van der Waals surface area (Å²) in [7, 11) is 0. The lowest BCUT2D eigenvalue weighted by Gasteiger charge is -2.25. The van der Waals surface area contributed by atoms with E-state index in [-0.39, 0.29) is 6.42 Å². The number of aliphatic hydroxyl groups is 3. The van der Waals surface area contributed by atoms with Gasteiger partial charge in [0.15, 0.2) is 6.04 Å². The number of rotatable bonds is 19. The van der Waals surface area contributed by atoms with Crippen LogP contribution in [0.25, 0.3) is 0 Å². The number of hydrogen-bond acceptors (Lipinski definition) is 12. The number of hydrogen-bond donors (Lipinski definition) is 12. The van der Waals surface area contributed by atoms with Crippen molar-refractivity contribution in [1.82, 2.24) is 26.6 Å². The number of amides is 5. The van der Waals surface area contributed by atoms with Crippen molar-refractivity contribution in [3.63, 3.8) is 0 Å². The maximum absolute atomic E-state index is 12.6. The van der Waals surface area contributed by atoms with Crippen LogP contribution in [-0.4, -0.2) is 134 Å². The minimum absolute atomic E-state index is 0.329.